The topological polar surface area (TPSA) is 57.0 Å². The molecule has 0 bridgehead atoms. The first-order valence-electron chi connectivity index (χ1n) is 6.75. The van der Waals surface area contributed by atoms with Crippen LogP contribution >= 0.6 is 0 Å². The van der Waals surface area contributed by atoms with Gasteiger partial charge in [-0.1, -0.05) is 12.1 Å². The predicted octanol–water partition coefficient (Wildman–Crippen LogP) is 2.49. The van der Waals surface area contributed by atoms with Crippen LogP contribution < -0.4 is 10.3 Å². The Morgan fingerprint density at radius 1 is 1.24 bits per heavy atom. The Hall–Kier alpha value is -2.69. The van der Waals surface area contributed by atoms with Crippen LogP contribution in [0.1, 0.15) is 6.92 Å². The van der Waals surface area contributed by atoms with Gasteiger partial charge in [-0.3, -0.25) is 9.78 Å². The summed E-state index contributed by atoms with van der Waals surface area (Å²) in [6.45, 7) is 2.41. The van der Waals surface area contributed by atoms with E-state index < -0.39 is 0 Å². The second kappa shape index (κ2) is 5.36. The summed E-state index contributed by atoms with van der Waals surface area (Å²) < 4.78 is 6.71. The van der Waals surface area contributed by atoms with Gasteiger partial charge in [0.05, 0.1) is 12.5 Å². The van der Waals surface area contributed by atoms with Crippen LogP contribution in [0, 0.1) is 0 Å². The van der Waals surface area contributed by atoms with Crippen LogP contribution in [0.2, 0.25) is 0 Å². The molecule has 0 spiro atoms. The molecule has 5 heteroatoms. The summed E-state index contributed by atoms with van der Waals surface area (Å²) in [7, 11) is 1.62. The van der Waals surface area contributed by atoms with E-state index in [9.17, 15) is 4.79 Å². The number of aromatic nitrogens is 3. The van der Waals surface area contributed by atoms with E-state index in [4.69, 9.17) is 4.74 Å². The van der Waals surface area contributed by atoms with Gasteiger partial charge in [-0.05, 0) is 31.2 Å². The zero-order valence-electron chi connectivity index (χ0n) is 11.9. The van der Waals surface area contributed by atoms with Crippen molar-refractivity contribution in [2.45, 2.75) is 13.5 Å². The number of fused-ring (bicyclic) bond motifs is 1. The van der Waals surface area contributed by atoms with Gasteiger partial charge in [0.15, 0.2) is 0 Å². The van der Waals surface area contributed by atoms with E-state index in [1.54, 1.807) is 25.4 Å². The van der Waals surface area contributed by atoms with Crippen molar-refractivity contribution in [2.24, 2.45) is 0 Å². The van der Waals surface area contributed by atoms with Crippen molar-refractivity contribution in [1.82, 2.24) is 14.8 Å². The molecule has 0 aliphatic heterocycles. The number of hydrogen-bond donors (Lipinski definition) is 0. The van der Waals surface area contributed by atoms with Gasteiger partial charge in [0.2, 0.25) is 0 Å². The molecule has 0 unspecified atom stereocenters. The van der Waals surface area contributed by atoms with E-state index in [-0.39, 0.29) is 5.56 Å². The molecule has 5 nitrogen and oxygen atoms in total. The lowest BCUT2D eigenvalue weighted by Gasteiger charge is -2.09. The van der Waals surface area contributed by atoms with E-state index >= 15 is 0 Å². The number of methoxy groups -OCH3 is 1. The average Bonchev–Trinajstić information content (AvgIpc) is 2.55. The average molecular weight is 281 g/mol. The highest BCUT2D eigenvalue weighted by Crippen LogP contribution is 2.26. The largest absolute Gasteiger partial charge is 0.497 e. The van der Waals surface area contributed by atoms with Crippen LogP contribution in [0.15, 0.2) is 47.4 Å². The Kier molecular flexibility index (Phi) is 3.39. The summed E-state index contributed by atoms with van der Waals surface area (Å²) in [5.41, 5.74) is 2.05. The fourth-order valence-corrected chi connectivity index (χ4v) is 2.30. The summed E-state index contributed by atoms with van der Waals surface area (Å²) in [5.74, 6) is 0.743. The molecule has 0 fully saturated rings. The molecule has 3 rings (SSSR count). The SMILES string of the molecule is CCn1nc(-c2cccc(OC)c2)c2ncccc2c1=O. The van der Waals surface area contributed by atoms with Crippen molar-refractivity contribution in [3.8, 4) is 17.0 Å². The molecule has 0 N–H and O–H groups in total. The van der Waals surface area contributed by atoms with Crippen LogP contribution in [0.3, 0.4) is 0 Å². The third kappa shape index (κ3) is 2.27. The highest BCUT2D eigenvalue weighted by atomic mass is 16.5. The lowest BCUT2D eigenvalue weighted by atomic mass is 10.1. The van der Waals surface area contributed by atoms with E-state index in [1.807, 2.05) is 31.2 Å². The molecule has 0 amide bonds. The highest BCUT2D eigenvalue weighted by Gasteiger charge is 2.12. The van der Waals surface area contributed by atoms with E-state index in [0.717, 1.165) is 11.3 Å². The molecule has 106 valence electrons. The summed E-state index contributed by atoms with van der Waals surface area (Å²) in [6.07, 6.45) is 1.67. The zero-order chi connectivity index (χ0) is 14.8. The number of hydrogen-bond acceptors (Lipinski definition) is 4. The monoisotopic (exact) mass is 281 g/mol. The number of pyridine rings is 1. The van der Waals surface area contributed by atoms with Gasteiger partial charge in [0.25, 0.3) is 5.56 Å². The van der Waals surface area contributed by atoms with Gasteiger partial charge >= 0.3 is 0 Å². The molecule has 2 heterocycles. The molecule has 0 aliphatic carbocycles. The predicted molar refractivity (Wildman–Crippen MR) is 81.5 cm³/mol. The van der Waals surface area contributed by atoms with E-state index in [2.05, 4.69) is 10.1 Å². The van der Waals surface area contributed by atoms with Crippen molar-refractivity contribution in [3.05, 3.63) is 52.9 Å². The van der Waals surface area contributed by atoms with Gasteiger partial charge in [-0.25, -0.2) is 4.68 Å². The second-order valence-corrected chi connectivity index (χ2v) is 4.60. The van der Waals surface area contributed by atoms with Gasteiger partial charge in [-0.2, -0.15) is 5.10 Å². The van der Waals surface area contributed by atoms with E-state index in [1.165, 1.54) is 4.68 Å². The minimum atomic E-state index is -0.118. The number of rotatable bonds is 3. The summed E-state index contributed by atoms with van der Waals surface area (Å²) in [6, 6.07) is 11.1. The third-order valence-electron chi connectivity index (χ3n) is 3.36. The molecule has 0 saturated carbocycles. The third-order valence-corrected chi connectivity index (χ3v) is 3.36. The molecule has 21 heavy (non-hydrogen) atoms. The molecular formula is C16H15N3O2. The van der Waals surface area contributed by atoms with Crippen molar-refractivity contribution in [3.63, 3.8) is 0 Å². The first-order chi connectivity index (χ1) is 10.2. The Morgan fingerprint density at radius 3 is 2.86 bits per heavy atom. The van der Waals surface area contributed by atoms with Crippen molar-refractivity contribution in [2.75, 3.05) is 7.11 Å². The zero-order valence-corrected chi connectivity index (χ0v) is 11.9. The van der Waals surface area contributed by atoms with Crippen LogP contribution in [-0.2, 0) is 6.54 Å². The van der Waals surface area contributed by atoms with Crippen LogP contribution in [-0.4, -0.2) is 21.9 Å². The maximum Gasteiger partial charge on any atom is 0.276 e. The molecule has 0 aliphatic rings. The fraction of sp³-hybridized carbons (Fsp3) is 0.188. The van der Waals surface area contributed by atoms with E-state index in [0.29, 0.717) is 23.1 Å². The molecule has 0 atom stereocenters. The molecule has 1 aromatic carbocycles. The minimum Gasteiger partial charge on any atom is -0.497 e. The van der Waals surface area contributed by atoms with Crippen LogP contribution in [0.25, 0.3) is 22.2 Å². The maximum atomic E-state index is 12.3. The number of aryl methyl sites for hydroxylation is 1. The second-order valence-electron chi connectivity index (χ2n) is 4.60. The molecule has 3 aromatic rings. The van der Waals surface area contributed by atoms with Gasteiger partial charge < -0.3 is 4.74 Å². The molecule has 0 radical (unpaired) electrons. The Balaban J connectivity index is 2.36. The van der Waals surface area contributed by atoms with Crippen molar-refractivity contribution < 1.29 is 4.74 Å². The maximum absolute atomic E-state index is 12.3. The lowest BCUT2D eigenvalue weighted by molar-refractivity contribution is 0.415. The summed E-state index contributed by atoms with van der Waals surface area (Å²) >= 11 is 0. The van der Waals surface area contributed by atoms with Crippen LogP contribution in [0.4, 0.5) is 0 Å². The number of benzene rings is 1. The van der Waals surface area contributed by atoms with Crippen LogP contribution in [0.5, 0.6) is 5.75 Å². The standard InChI is InChI=1S/C16H15N3O2/c1-3-19-16(20)13-8-5-9-17-15(13)14(18-19)11-6-4-7-12(10-11)21-2/h4-10H,3H2,1-2H3. The first kappa shape index (κ1) is 13.3. The Bertz CT molecular complexity index is 856. The normalized spacial score (nSPS) is 10.8. The molecular weight excluding hydrogens is 266 g/mol. The van der Waals surface area contributed by atoms with Crippen molar-refractivity contribution in [1.29, 1.82) is 0 Å². The highest BCUT2D eigenvalue weighted by molar-refractivity contribution is 5.90. The molecule has 2 aromatic heterocycles. The minimum absolute atomic E-state index is 0.118. The smallest absolute Gasteiger partial charge is 0.276 e. The quantitative estimate of drug-likeness (QED) is 0.740. The van der Waals surface area contributed by atoms with Gasteiger partial charge in [0.1, 0.15) is 17.0 Å². The number of nitrogens with zero attached hydrogens (tertiary/aromatic N) is 3. The first-order valence-corrected chi connectivity index (χ1v) is 6.75. The summed E-state index contributed by atoms with van der Waals surface area (Å²) in [4.78, 5) is 16.6. The number of ether oxygens (including phenoxy) is 1. The fourth-order valence-electron chi connectivity index (χ4n) is 2.30. The Labute approximate surface area is 121 Å². The molecule has 0 saturated heterocycles. The van der Waals surface area contributed by atoms with Crippen molar-refractivity contribution >= 4 is 10.9 Å². The summed E-state index contributed by atoms with van der Waals surface area (Å²) in [5, 5.41) is 5.03. The Morgan fingerprint density at radius 2 is 2.10 bits per heavy atom. The van der Waals surface area contributed by atoms with Gasteiger partial charge in [-0.15, -0.1) is 0 Å². The lowest BCUT2D eigenvalue weighted by Crippen LogP contribution is -2.23. The van der Waals surface area contributed by atoms with Gasteiger partial charge in [0, 0.05) is 18.3 Å².